The highest BCUT2D eigenvalue weighted by Crippen LogP contribution is 2.46. The normalized spacial score (nSPS) is 15.2. The Morgan fingerprint density at radius 2 is 1.44 bits per heavy atom. The summed E-state index contributed by atoms with van der Waals surface area (Å²) < 4.78 is 12.5. The van der Waals surface area contributed by atoms with Gasteiger partial charge < -0.3 is 0 Å². The molecule has 1 aliphatic carbocycles. The molecule has 0 saturated heterocycles. The Kier molecular flexibility index (Phi) is 3.04. The van der Waals surface area contributed by atoms with Gasteiger partial charge in [0.25, 0.3) is 0 Å². The molecule has 1 atom stereocenters. The molecule has 0 N–H and O–H groups in total. The van der Waals surface area contributed by atoms with E-state index in [-0.39, 0.29) is 5.25 Å². The first-order valence-corrected chi connectivity index (χ1v) is 7.76. The molecule has 18 heavy (non-hydrogen) atoms. The SMILES string of the molecule is CCC[S@@](=O)C1c2ccccc2-c2ccccc21. The average molecular weight is 256 g/mol. The van der Waals surface area contributed by atoms with E-state index in [1.807, 2.05) is 12.1 Å². The fourth-order valence-electron chi connectivity index (χ4n) is 2.71. The van der Waals surface area contributed by atoms with Crippen LogP contribution < -0.4 is 0 Å². The van der Waals surface area contributed by atoms with E-state index in [9.17, 15) is 4.21 Å². The minimum absolute atomic E-state index is 0.0670. The van der Waals surface area contributed by atoms with Crippen molar-refractivity contribution in [1.82, 2.24) is 0 Å². The number of fused-ring (bicyclic) bond motifs is 3. The van der Waals surface area contributed by atoms with Crippen LogP contribution in [0.25, 0.3) is 11.1 Å². The van der Waals surface area contributed by atoms with Crippen LogP contribution in [0.2, 0.25) is 0 Å². The van der Waals surface area contributed by atoms with Crippen molar-refractivity contribution < 1.29 is 4.21 Å². The zero-order valence-corrected chi connectivity index (χ0v) is 11.2. The van der Waals surface area contributed by atoms with Gasteiger partial charge in [-0.1, -0.05) is 55.5 Å². The summed E-state index contributed by atoms with van der Waals surface area (Å²) in [5.74, 6) is 0.771. The van der Waals surface area contributed by atoms with E-state index in [1.54, 1.807) is 0 Å². The van der Waals surface area contributed by atoms with Gasteiger partial charge in [0.1, 0.15) is 0 Å². The van der Waals surface area contributed by atoms with E-state index >= 15 is 0 Å². The Labute approximate surface area is 110 Å². The molecule has 1 aliphatic rings. The summed E-state index contributed by atoms with van der Waals surface area (Å²) in [6.07, 6.45) is 0.966. The minimum Gasteiger partial charge on any atom is -0.259 e. The number of benzene rings is 2. The lowest BCUT2D eigenvalue weighted by atomic mass is 10.1. The maximum absolute atomic E-state index is 12.5. The highest BCUT2D eigenvalue weighted by atomic mass is 32.2. The van der Waals surface area contributed by atoms with Crippen LogP contribution in [0.3, 0.4) is 0 Å². The Morgan fingerprint density at radius 1 is 0.944 bits per heavy atom. The maximum Gasteiger partial charge on any atom is 0.0858 e. The molecule has 0 spiro atoms. The third kappa shape index (κ3) is 1.72. The molecular weight excluding hydrogens is 240 g/mol. The van der Waals surface area contributed by atoms with Gasteiger partial charge in [-0.15, -0.1) is 0 Å². The lowest BCUT2D eigenvalue weighted by Crippen LogP contribution is -2.08. The standard InChI is InChI=1S/C16H16OS/c1-2-11-18(17)16-14-9-5-3-7-12(14)13-8-4-6-10-15(13)16/h3-10,16H,2,11H2,1H3/t18-/m1/s1. The van der Waals surface area contributed by atoms with Gasteiger partial charge in [0.15, 0.2) is 0 Å². The molecule has 92 valence electrons. The van der Waals surface area contributed by atoms with E-state index in [1.165, 1.54) is 22.3 Å². The van der Waals surface area contributed by atoms with Crippen molar-refractivity contribution in [1.29, 1.82) is 0 Å². The van der Waals surface area contributed by atoms with Gasteiger partial charge in [-0.25, -0.2) is 0 Å². The van der Waals surface area contributed by atoms with Crippen molar-refractivity contribution in [3.63, 3.8) is 0 Å². The first kappa shape index (κ1) is 11.7. The quantitative estimate of drug-likeness (QED) is 0.813. The van der Waals surface area contributed by atoms with Crippen LogP contribution in [-0.4, -0.2) is 9.96 Å². The van der Waals surface area contributed by atoms with E-state index in [0.717, 1.165) is 12.2 Å². The third-order valence-corrected chi connectivity index (χ3v) is 5.29. The summed E-state index contributed by atoms with van der Waals surface area (Å²) in [5.41, 5.74) is 4.96. The molecular formula is C16H16OS. The van der Waals surface area contributed by atoms with Crippen LogP contribution in [0, 0.1) is 0 Å². The first-order valence-electron chi connectivity index (χ1n) is 6.38. The lowest BCUT2D eigenvalue weighted by molar-refractivity contribution is 0.677. The van der Waals surface area contributed by atoms with Crippen LogP contribution in [-0.2, 0) is 10.8 Å². The smallest absolute Gasteiger partial charge is 0.0858 e. The predicted molar refractivity (Wildman–Crippen MR) is 77.0 cm³/mol. The fourth-order valence-corrected chi connectivity index (χ4v) is 4.33. The van der Waals surface area contributed by atoms with Gasteiger partial charge in [-0.05, 0) is 28.7 Å². The van der Waals surface area contributed by atoms with E-state index < -0.39 is 10.8 Å². The number of rotatable bonds is 3. The van der Waals surface area contributed by atoms with Crippen molar-refractivity contribution in [3.8, 4) is 11.1 Å². The van der Waals surface area contributed by atoms with Crippen molar-refractivity contribution in [2.75, 3.05) is 5.75 Å². The third-order valence-electron chi connectivity index (χ3n) is 3.44. The molecule has 0 saturated carbocycles. The molecule has 0 aromatic heterocycles. The maximum atomic E-state index is 12.5. The molecule has 0 amide bonds. The molecule has 1 nitrogen and oxygen atoms in total. The molecule has 0 radical (unpaired) electrons. The van der Waals surface area contributed by atoms with Crippen LogP contribution in [0.4, 0.5) is 0 Å². The zero-order valence-electron chi connectivity index (χ0n) is 10.4. The van der Waals surface area contributed by atoms with E-state index in [0.29, 0.717) is 0 Å². The summed E-state index contributed by atoms with van der Waals surface area (Å²) in [6, 6.07) is 16.7. The average Bonchev–Trinajstić information content (AvgIpc) is 2.73. The second kappa shape index (κ2) is 4.69. The van der Waals surface area contributed by atoms with Crippen molar-refractivity contribution in [2.45, 2.75) is 18.6 Å². The van der Waals surface area contributed by atoms with Crippen LogP contribution in [0.1, 0.15) is 29.7 Å². The molecule has 0 aliphatic heterocycles. The Bertz CT molecular complexity index is 558. The van der Waals surface area contributed by atoms with E-state index in [2.05, 4.69) is 43.3 Å². The Hall–Kier alpha value is -1.41. The summed E-state index contributed by atoms with van der Waals surface area (Å²) in [4.78, 5) is 0. The highest BCUT2D eigenvalue weighted by molar-refractivity contribution is 7.85. The van der Waals surface area contributed by atoms with Crippen LogP contribution >= 0.6 is 0 Å². The van der Waals surface area contributed by atoms with E-state index in [4.69, 9.17) is 0 Å². The molecule has 3 rings (SSSR count). The molecule has 0 fully saturated rings. The minimum atomic E-state index is -0.818. The molecule has 0 heterocycles. The van der Waals surface area contributed by atoms with Gasteiger partial charge in [-0.2, -0.15) is 0 Å². The predicted octanol–water partition coefficient (Wildman–Crippen LogP) is 3.92. The summed E-state index contributed by atoms with van der Waals surface area (Å²) in [5, 5.41) is 0.0670. The highest BCUT2D eigenvalue weighted by Gasteiger charge is 2.31. The lowest BCUT2D eigenvalue weighted by Gasteiger charge is -2.12. The van der Waals surface area contributed by atoms with Crippen molar-refractivity contribution in [2.24, 2.45) is 0 Å². The van der Waals surface area contributed by atoms with Crippen LogP contribution in [0.5, 0.6) is 0 Å². The molecule has 2 aromatic rings. The van der Waals surface area contributed by atoms with Crippen molar-refractivity contribution in [3.05, 3.63) is 59.7 Å². The van der Waals surface area contributed by atoms with Crippen molar-refractivity contribution >= 4 is 10.8 Å². The summed E-state index contributed by atoms with van der Waals surface area (Å²) in [7, 11) is -0.818. The largest absolute Gasteiger partial charge is 0.259 e. The van der Waals surface area contributed by atoms with Gasteiger partial charge in [-0.3, -0.25) is 4.21 Å². The fraction of sp³-hybridized carbons (Fsp3) is 0.250. The Balaban J connectivity index is 2.18. The summed E-state index contributed by atoms with van der Waals surface area (Å²) >= 11 is 0. The topological polar surface area (TPSA) is 17.1 Å². The van der Waals surface area contributed by atoms with Gasteiger partial charge in [0.2, 0.25) is 0 Å². The molecule has 0 bridgehead atoms. The zero-order chi connectivity index (χ0) is 12.5. The first-order chi connectivity index (χ1) is 8.83. The second-order valence-corrected chi connectivity index (χ2v) is 6.28. The van der Waals surface area contributed by atoms with Gasteiger partial charge >= 0.3 is 0 Å². The van der Waals surface area contributed by atoms with Crippen LogP contribution in [0.15, 0.2) is 48.5 Å². The summed E-state index contributed by atoms with van der Waals surface area (Å²) in [6.45, 7) is 2.09. The van der Waals surface area contributed by atoms with Gasteiger partial charge in [0.05, 0.1) is 5.25 Å². The monoisotopic (exact) mass is 256 g/mol. The second-order valence-electron chi connectivity index (χ2n) is 4.64. The van der Waals surface area contributed by atoms with Gasteiger partial charge in [0, 0.05) is 16.6 Å². The molecule has 2 aromatic carbocycles. The number of hydrogen-bond acceptors (Lipinski definition) is 1. The molecule has 2 heteroatoms. The molecule has 0 unspecified atom stereocenters. The Morgan fingerprint density at radius 3 is 1.94 bits per heavy atom. The number of hydrogen-bond donors (Lipinski definition) is 0.